The molecule has 1 aromatic rings. The third-order valence-electron chi connectivity index (χ3n) is 3.32. The second kappa shape index (κ2) is 5.75. The summed E-state index contributed by atoms with van der Waals surface area (Å²) < 4.78 is 0. The van der Waals surface area contributed by atoms with Gasteiger partial charge in [-0.1, -0.05) is 5.57 Å². The third-order valence-corrected chi connectivity index (χ3v) is 4.64. The van der Waals surface area contributed by atoms with E-state index in [1.165, 1.54) is 12.8 Å². The van der Waals surface area contributed by atoms with Gasteiger partial charge in [-0.3, -0.25) is 4.79 Å². The number of rotatable bonds is 5. The lowest BCUT2D eigenvalue weighted by molar-refractivity contribution is -0.117. The second-order valence-electron chi connectivity index (χ2n) is 5.16. The van der Waals surface area contributed by atoms with Gasteiger partial charge in [0.05, 0.1) is 11.7 Å². The molecule has 0 saturated heterocycles. The summed E-state index contributed by atoms with van der Waals surface area (Å²) in [4.78, 5) is 27.3. The number of carboxylic acids is 1. The molecule has 0 aromatic carbocycles. The standard InChI is InChI=1S/C14H18N2O3S/c1-7(10-4-5-10)6-11(17)15-9(3)13-16-8(2)12(20-13)14(18)19/h6,9-10H,4-5H2,1-3H3,(H,15,17)(H,18,19). The number of carboxylic acid groups (broad SMARTS) is 1. The van der Waals surface area contributed by atoms with Crippen LogP contribution in [0.15, 0.2) is 11.6 Å². The molecule has 1 unspecified atom stereocenters. The number of hydrogen-bond acceptors (Lipinski definition) is 4. The summed E-state index contributed by atoms with van der Waals surface area (Å²) in [5.74, 6) is -0.558. The molecule has 2 N–H and O–H groups in total. The minimum Gasteiger partial charge on any atom is -0.477 e. The number of carbonyl (C=O) groups excluding carboxylic acids is 1. The van der Waals surface area contributed by atoms with Crippen LogP contribution in [0.25, 0.3) is 0 Å². The highest BCUT2D eigenvalue weighted by atomic mass is 32.1. The van der Waals surface area contributed by atoms with Crippen LogP contribution in [0.2, 0.25) is 0 Å². The maximum Gasteiger partial charge on any atom is 0.347 e. The second-order valence-corrected chi connectivity index (χ2v) is 6.20. The van der Waals surface area contributed by atoms with Gasteiger partial charge in [-0.25, -0.2) is 9.78 Å². The smallest absolute Gasteiger partial charge is 0.347 e. The summed E-state index contributed by atoms with van der Waals surface area (Å²) in [6.45, 7) is 5.44. The molecule has 1 saturated carbocycles. The topological polar surface area (TPSA) is 79.3 Å². The Labute approximate surface area is 121 Å². The first-order valence-corrected chi connectivity index (χ1v) is 7.39. The number of carbonyl (C=O) groups is 2. The minimum atomic E-state index is -0.978. The zero-order valence-electron chi connectivity index (χ0n) is 11.8. The molecule has 0 radical (unpaired) electrons. The zero-order valence-corrected chi connectivity index (χ0v) is 12.6. The highest BCUT2D eigenvalue weighted by molar-refractivity contribution is 7.13. The molecule has 1 aliphatic carbocycles. The van der Waals surface area contributed by atoms with Gasteiger partial charge in [-0.05, 0) is 39.5 Å². The van der Waals surface area contributed by atoms with Crippen molar-refractivity contribution in [3.05, 3.63) is 27.2 Å². The highest BCUT2D eigenvalue weighted by Gasteiger charge is 2.24. The first-order valence-electron chi connectivity index (χ1n) is 6.57. The fraction of sp³-hybridized carbons (Fsp3) is 0.500. The zero-order chi connectivity index (χ0) is 14.9. The number of hydrogen-bond donors (Lipinski definition) is 2. The van der Waals surface area contributed by atoms with Gasteiger partial charge in [-0.15, -0.1) is 11.3 Å². The molecule has 6 heteroatoms. The lowest BCUT2D eigenvalue weighted by Gasteiger charge is -2.09. The number of aryl methyl sites for hydroxylation is 1. The van der Waals surface area contributed by atoms with Gasteiger partial charge in [0.1, 0.15) is 9.88 Å². The fourth-order valence-electron chi connectivity index (χ4n) is 1.98. The van der Waals surface area contributed by atoms with E-state index in [4.69, 9.17) is 5.11 Å². The molecule has 1 heterocycles. The van der Waals surface area contributed by atoms with Crippen LogP contribution in [0.5, 0.6) is 0 Å². The summed E-state index contributed by atoms with van der Waals surface area (Å²) in [6, 6.07) is -0.289. The molecular weight excluding hydrogens is 276 g/mol. The molecule has 1 aromatic heterocycles. The fourth-order valence-corrected chi connectivity index (χ4v) is 2.89. The number of allylic oxidation sites excluding steroid dienone is 1. The van der Waals surface area contributed by atoms with Crippen molar-refractivity contribution in [2.45, 2.75) is 39.7 Å². The van der Waals surface area contributed by atoms with E-state index in [1.807, 2.05) is 13.8 Å². The van der Waals surface area contributed by atoms with E-state index in [-0.39, 0.29) is 16.8 Å². The molecule has 0 spiro atoms. The van der Waals surface area contributed by atoms with Crippen LogP contribution in [0.4, 0.5) is 0 Å². The van der Waals surface area contributed by atoms with Gasteiger partial charge in [0.15, 0.2) is 0 Å². The van der Waals surface area contributed by atoms with Crippen molar-refractivity contribution in [1.29, 1.82) is 0 Å². The van der Waals surface area contributed by atoms with Crippen LogP contribution in [0, 0.1) is 12.8 Å². The normalized spacial score (nSPS) is 16.9. The van der Waals surface area contributed by atoms with E-state index >= 15 is 0 Å². The van der Waals surface area contributed by atoms with Gasteiger partial charge in [-0.2, -0.15) is 0 Å². The number of amides is 1. The Balaban J connectivity index is 2.02. The SMILES string of the molecule is CC(=CC(=O)NC(C)c1nc(C)c(C(=O)O)s1)C1CC1. The average molecular weight is 294 g/mol. The molecule has 108 valence electrons. The quantitative estimate of drug-likeness (QED) is 0.818. The molecule has 1 amide bonds. The summed E-state index contributed by atoms with van der Waals surface area (Å²) >= 11 is 1.11. The molecule has 1 atom stereocenters. The van der Waals surface area contributed by atoms with E-state index in [2.05, 4.69) is 10.3 Å². The number of aromatic nitrogens is 1. The Hall–Kier alpha value is -1.69. The summed E-state index contributed by atoms with van der Waals surface area (Å²) in [5.41, 5.74) is 1.60. The molecule has 0 aliphatic heterocycles. The van der Waals surface area contributed by atoms with Crippen molar-refractivity contribution < 1.29 is 14.7 Å². The van der Waals surface area contributed by atoms with E-state index < -0.39 is 5.97 Å². The van der Waals surface area contributed by atoms with Crippen molar-refractivity contribution >= 4 is 23.2 Å². The van der Waals surface area contributed by atoms with Gasteiger partial charge in [0, 0.05) is 6.08 Å². The van der Waals surface area contributed by atoms with E-state index in [0.717, 1.165) is 16.9 Å². The van der Waals surface area contributed by atoms with E-state index in [9.17, 15) is 9.59 Å². The molecule has 5 nitrogen and oxygen atoms in total. The van der Waals surface area contributed by atoms with Gasteiger partial charge in [0.2, 0.25) is 5.91 Å². The van der Waals surface area contributed by atoms with Gasteiger partial charge < -0.3 is 10.4 Å². The first kappa shape index (κ1) is 14.7. The Morgan fingerprint density at radius 3 is 2.65 bits per heavy atom. The summed E-state index contributed by atoms with van der Waals surface area (Å²) in [6.07, 6.45) is 3.96. The van der Waals surface area contributed by atoms with E-state index in [1.54, 1.807) is 13.0 Å². The molecular formula is C14H18N2O3S. The van der Waals surface area contributed by atoms with E-state index in [0.29, 0.717) is 16.6 Å². The molecule has 20 heavy (non-hydrogen) atoms. The maximum atomic E-state index is 11.9. The number of thiazole rings is 1. The predicted molar refractivity (Wildman–Crippen MR) is 76.8 cm³/mol. The van der Waals surface area contributed by atoms with Crippen LogP contribution in [-0.4, -0.2) is 22.0 Å². The predicted octanol–water partition coefficient (Wildman–Crippen LogP) is 2.68. The van der Waals surface area contributed by atoms with Crippen LogP contribution in [0.1, 0.15) is 53.1 Å². The summed E-state index contributed by atoms with van der Waals surface area (Å²) in [7, 11) is 0. The Morgan fingerprint density at radius 1 is 1.50 bits per heavy atom. The average Bonchev–Trinajstić information content (AvgIpc) is 3.11. The Bertz CT molecular complexity index is 573. The molecule has 0 bridgehead atoms. The molecule has 2 rings (SSSR count). The largest absolute Gasteiger partial charge is 0.477 e. The third kappa shape index (κ3) is 3.45. The van der Waals surface area contributed by atoms with Crippen LogP contribution in [-0.2, 0) is 4.79 Å². The van der Waals surface area contributed by atoms with Crippen LogP contribution >= 0.6 is 11.3 Å². The maximum absolute atomic E-state index is 11.9. The monoisotopic (exact) mass is 294 g/mol. The lowest BCUT2D eigenvalue weighted by atomic mass is 10.2. The van der Waals surface area contributed by atoms with Crippen molar-refractivity contribution in [1.82, 2.24) is 10.3 Å². The summed E-state index contributed by atoms with van der Waals surface area (Å²) in [5, 5.41) is 12.4. The van der Waals surface area contributed by atoms with Gasteiger partial charge in [0.25, 0.3) is 0 Å². The van der Waals surface area contributed by atoms with Gasteiger partial charge >= 0.3 is 5.97 Å². The first-order chi connectivity index (χ1) is 9.38. The van der Waals surface area contributed by atoms with Crippen molar-refractivity contribution in [2.75, 3.05) is 0 Å². The Morgan fingerprint density at radius 2 is 2.15 bits per heavy atom. The highest BCUT2D eigenvalue weighted by Crippen LogP contribution is 2.35. The van der Waals surface area contributed by atoms with Crippen molar-refractivity contribution in [3.63, 3.8) is 0 Å². The molecule has 1 fully saturated rings. The van der Waals surface area contributed by atoms with Crippen molar-refractivity contribution in [3.8, 4) is 0 Å². The lowest BCUT2D eigenvalue weighted by Crippen LogP contribution is -2.25. The number of nitrogens with one attached hydrogen (secondary N) is 1. The molecule has 1 aliphatic rings. The van der Waals surface area contributed by atoms with Crippen LogP contribution in [0.3, 0.4) is 0 Å². The van der Waals surface area contributed by atoms with Crippen LogP contribution < -0.4 is 5.32 Å². The van der Waals surface area contributed by atoms with Crippen molar-refractivity contribution in [2.24, 2.45) is 5.92 Å². The minimum absolute atomic E-state index is 0.147. The Kier molecular flexibility index (Phi) is 4.23. The number of nitrogens with zero attached hydrogens (tertiary/aromatic N) is 1. The number of aromatic carboxylic acids is 1.